The number of carbonyl (C=O) groups is 4. The van der Waals surface area contributed by atoms with E-state index >= 15 is 0 Å². The normalized spacial score (nSPS) is 22.4. The molecule has 0 radical (unpaired) electrons. The van der Waals surface area contributed by atoms with Gasteiger partial charge in [-0.15, -0.1) is 0 Å². The maximum atomic E-state index is 12.6. The van der Waals surface area contributed by atoms with Gasteiger partial charge in [-0.05, 0) is 0 Å². The predicted molar refractivity (Wildman–Crippen MR) is 105 cm³/mol. The van der Waals surface area contributed by atoms with Crippen molar-refractivity contribution in [1.29, 1.82) is 0 Å². The third kappa shape index (κ3) is 5.51. The van der Waals surface area contributed by atoms with Gasteiger partial charge in [0.1, 0.15) is 0 Å². The Bertz CT molecular complexity index is 962. The molecule has 4 atom stereocenters. The van der Waals surface area contributed by atoms with Gasteiger partial charge in [-0.3, -0.25) is 33.9 Å². The Morgan fingerprint density at radius 3 is 2.06 bits per heavy atom. The molecule has 2 rings (SSSR count). The Hall–Kier alpha value is -3.68. The number of rotatable bonds is 6. The number of methoxy groups -OCH3 is 1. The van der Waals surface area contributed by atoms with Gasteiger partial charge in [0.25, 0.3) is 11.6 Å². The molecule has 1 aromatic heterocycles. The number of ether oxygens (including phenoxy) is 5. The molecule has 0 aromatic carbocycles. The van der Waals surface area contributed by atoms with Crippen LogP contribution in [-0.2, 0) is 38.1 Å². The van der Waals surface area contributed by atoms with Gasteiger partial charge in [0.15, 0.2) is 36.0 Å². The smallest absolute Gasteiger partial charge is 0.303 e. The first-order valence-corrected chi connectivity index (χ1v) is 9.33. The van der Waals surface area contributed by atoms with E-state index in [1.807, 2.05) is 0 Å². The second-order valence-electron chi connectivity index (χ2n) is 6.72. The number of carbonyl (C=O) groups excluding carboxylic acids is 4. The monoisotopic (exact) mass is 456 g/mol. The lowest BCUT2D eigenvalue weighted by Gasteiger charge is -2.44. The molecule has 32 heavy (non-hydrogen) atoms. The summed E-state index contributed by atoms with van der Waals surface area (Å²) in [6.45, 7) is 4.05. The van der Waals surface area contributed by atoms with Gasteiger partial charge in [0.2, 0.25) is 5.91 Å². The quantitative estimate of drug-likeness (QED) is 0.387. The minimum Gasteiger partial charge on any atom is -0.468 e. The van der Waals surface area contributed by atoms with Gasteiger partial charge in [-0.1, -0.05) is 0 Å². The fourth-order valence-corrected chi connectivity index (χ4v) is 3.20. The number of esters is 3. The first kappa shape index (κ1) is 24.6. The number of hydrogen-bond acceptors (Lipinski definition) is 12. The van der Waals surface area contributed by atoms with Crippen LogP contribution in [0, 0.1) is 0 Å². The van der Waals surface area contributed by atoms with Crippen LogP contribution in [0.4, 0.5) is 11.5 Å². The number of amides is 1. The van der Waals surface area contributed by atoms with Crippen molar-refractivity contribution >= 4 is 35.3 Å². The zero-order chi connectivity index (χ0) is 24.2. The highest BCUT2D eigenvalue weighted by molar-refractivity contribution is 5.94. The molecule has 1 saturated heterocycles. The summed E-state index contributed by atoms with van der Waals surface area (Å²) < 4.78 is 26.2. The highest BCUT2D eigenvalue weighted by atomic mass is 16.6. The Morgan fingerprint density at radius 2 is 1.59 bits per heavy atom. The predicted octanol–water partition coefficient (Wildman–Crippen LogP) is -1.13. The van der Waals surface area contributed by atoms with Crippen molar-refractivity contribution in [1.82, 2.24) is 9.97 Å². The van der Waals surface area contributed by atoms with E-state index in [2.05, 4.69) is 9.97 Å². The van der Waals surface area contributed by atoms with Gasteiger partial charge in [-0.2, -0.15) is 4.98 Å². The van der Waals surface area contributed by atoms with E-state index in [0.29, 0.717) is 0 Å². The Morgan fingerprint density at radius 1 is 1.03 bits per heavy atom. The summed E-state index contributed by atoms with van der Waals surface area (Å²) in [4.78, 5) is 67.2. The largest absolute Gasteiger partial charge is 0.468 e. The summed E-state index contributed by atoms with van der Waals surface area (Å²) in [7, 11) is 1.25. The Kier molecular flexibility index (Phi) is 7.75. The lowest BCUT2D eigenvalue weighted by atomic mass is 10.0. The van der Waals surface area contributed by atoms with Gasteiger partial charge in [0, 0.05) is 27.7 Å². The molecule has 14 nitrogen and oxygen atoms in total. The summed E-state index contributed by atoms with van der Waals surface area (Å²) in [6, 6.07) is -0.200. The highest BCUT2D eigenvalue weighted by Crippen LogP contribution is 2.30. The third-order valence-electron chi connectivity index (χ3n) is 4.25. The lowest BCUT2D eigenvalue weighted by molar-refractivity contribution is -0.225. The topological polar surface area (TPSA) is 189 Å². The number of nitrogens with zero attached hydrogens (tertiary/aromatic N) is 2. The molecular weight excluding hydrogens is 432 g/mol. The van der Waals surface area contributed by atoms with Crippen molar-refractivity contribution in [2.75, 3.05) is 24.4 Å². The standard InChI is InChI=1S/C18H24N4O10/c1-7(23)22(12-15(19)20-18(28-5)21-16(12)27)17-14(32-10(4)26)13(31-9(3)25)11(6-29-17)30-8(2)24/h11,13-14,17H,6H2,1-5H3,(H3,19,20,21,27)/t11-,13-,14+,17?/m0/s1. The van der Waals surface area contributed by atoms with Crippen LogP contribution < -0.4 is 20.9 Å². The minimum atomic E-state index is -1.49. The minimum absolute atomic E-state index is 0.200. The molecule has 0 bridgehead atoms. The van der Waals surface area contributed by atoms with Crippen LogP contribution in [-0.4, -0.2) is 72.0 Å². The second-order valence-corrected chi connectivity index (χ2v) is 6.72. The average Bonchev–Trinajstić information content (AvgIpc) is 2.66. The SMILES string of the molecule is COc1nc(N)c(N(C(C)=O)C2OC[C@H](OC(C)=O)[C@H](OC(C)=O)[C@H]2OC(C)=O)c(=O)[nH]1. The van der Waals surface area contributed by atoms with Crippen molar-refractivity contribution in [2.45, 2.75) is 52.2 Å². The zero-order valence-electron chi connectivity index (χ0n) is 18.1. The molecule has 1 aromatic rings. The molecule has 2 heterocycles. The van der Waals surface area contributed by atoms with Crippen LogP contribution in [0.2, 0.25) is 0 Å². The number of H-pyrrole nitrogens is 1. The average molecular weight is 456 g/mol. The molecule has 1 fully saturated rings. The van der Waals surface area contributed by atoms with Crippen molar-refractivity contribution in [2.24, 2.45) is 0 Å². The summed E-state index contributed by atoms with van der Waals surface area (Å²) in [6.07, 6.45) is -5.48. The van der Waals surface area contributed by atoms with Crippen LogP contribution in [0.5, 0.6) is 6.01 Å². The van der Waals surface area contributed by atoms with Gasteiger partial charge in [0.05, 0.1) is 13.7 Å². The van der Waals surface area contributed by atoms with Gasteiger partial charge < -0.3 is 29.4 Å². The second kappa shape index (κ2) is 10.1. The third-order valence-corrected chi connectivity index (χ3v) is 4.25. The Balaban J connectivity index is 2.61. The fraction of sp³-hybridized carbons (Fsp3) is 0.556. The van der Waals surface area contributed by atoms with Crippen LogP contribution in [0.3, 0.4) is 0 Å². The van der Waals surface area contributed by atoms with Crippen LogP contribution in [0.15, 0.2) is 4.79 Å². The molecule has 1 unspecified atom stereocenters. The molecule has 0 aliphatic carbocycles. The summed E-state index contributed by atoms with van der Waals surface area (Å²) in [5.74, 6) is -3.41. The van der Waals surface area contributed by atoms with E-state index in [-0.39, 0.29) is 18.4 Å². The van der Waals surface area contributed by atoms with Crippen molar-refractivity contribution in [3.05, 3.63) is 10.4 Å². The van der Waals surface area contributed by atoms with E-state index in [0.717, 1.165) is 32.6 Å². The first-order valence-electron chi connectivity index (χ1n) is 9.33. The number of aromatic nitrogens is 2. The summed E-state index contributed by atoms with van der Waals surface area (Å²) >= 11 is 0. The molecule has 1 aliphatic rings. The number of nitrogen functional groups attached to an aromatic ring is 1. The summed E-state index contributed by atoms with van der Waals surface area (Å²) in [5, 5.41) is 0. The van der Waals surface area contributed by atoms with Crippen molar-refractivity contribution in [3.63, 3.8) is 0 Å². The molecule has 0 spiro atoms. The molecule has 176 valence electrons. The Labute approximate surface area is 181 Å². The fourth-order valence-electron chi connectivity index (χ4n) is 3.20. The zero-order valence-corrected chi connectivity index (χ0v) is 18.1. The molecular formula is C18H24N4O10. The number of anilines is 2. The molecule has 1 aliphatic heterocycles. The van der Waals surface area contributed by atoms with E-state index in [1.165, 1.54) is 7.11 Å². The van der Waals surface area contributed by atoms with E-state index in [9.17, 15) is 24.0 Å². The van der Waals surface area contributed by atoms with Crippen molar-refractivity contribution in [3.8, 4) is 6.01 Å². The highest BCUT2D eigenvalue weighted by Gasteiger charge is 2.50. The van der Waals surface area contributed by atoms with E-state index in [4.69, 9.17) is 29.4 Å². The molecule has 3 N–H and O–H groups in total. The molecule has 0 saturated carbocycles. The van der Waals surface area contributed by atoms with E-state index in [1.54, 1.807) is 0 Å². The number of hydrogen-bond donors (Lipinski definition) is 2. The maximum absolute atomic E-state index is 12.6. The summed E-state index contributed by atoms with van der Waals surface area (Å²) in [5.41, 5.74) is 4.62. The van der Waals surface area contributed by atoms with Crippen molar-refractivity contribution < 1.29 is 42.9 Å². The van der Waals surface area contributed by atoms with Gasteiger partial charge in [-0.25, -0.2) is 0 Å². The first-order chi connectivity index (χ1) is 15.0. The van der Waals surface area contributed by atoms with E-state index < -0.39 is 59.6 Å². The molecule has 1 amide bonds. The van der Waals surface area contributed by atoms with Gasteiger partial charge >= 0.3 is 17.9 Å². The maximum Gasteiger partial charge on any atom is 0.303 e. The van der Waals surface area contributed by atoms with Crippen LogP contribution in [0.25, 0.3) is 0 Å². The lowest BCUT2D eigenvalue weighted by Crippen LogP contribution is -2.63. The number of nitrogens with one attached hydrogen (secondary N) is 1. The van der Waals surface area contributed by atoms with Crippen LogP contribution >= 0.6 is 0 Å². The number of nitrogens with two attached hydrogens (primary N) is 1. The number of aromatic amines is 1. The van der Waals surface area contributed by atoms with Crippen LogP contribution in [0.1, 0.15) is 27.7 Å². The molecule has 14 heteroatoms.